The number of benzene rings is 2. The topological polar surface area (TPSA) is 26.3 Å². The summed E-state index contributed by atoms with van der Waals surface area (Å²) in [7, 11) is 0. The molecule has 2 aromatic rings. The van der Waals surface area contributed by atoms with Crippen LogP contribution in [0.5, 0.6) is 5.75 Å². The molecule has 0 aliphatic rings. The fourth-order valence-corrected chi connectivity index (χ4v) is 1.70. The molecule has 0 aliphatic heterocycles. The van der Waals surface area contributed by atoms with Crippen LogP contribution in [0.4, 0.5) is 17.6 Å². The van der Waals surface area contributed by atoms with Crippen LogP contribution in [0.25, 0.3) is 0 Å². The van der Waals surface area contributed by atoms with E-state index in [2.05, 4.69) is 0 Å². The van der Waals surface area contributed by atoms with Gasteiger partial charge in [-0.05, 0) is 17.7 Å². The number of hydrogen-bond donors (Lipinski definition) is 0. The first-order valence-corrected chi connectivity index (χ1v) is 5.97. The lowest BCUT2D eigenvalue weighted by atomic mass is 10.1. The molecule has 0 atom stereocenters. The second kappa shape index (κ2) is 6.39. The molecule has 0 radical (unpaired) electrons. The first-order valence-electron chi connectivity index (χ1n) is 5.97. The molecule has 2 nitrogen and oxygen atoms in total. The lowest BCUT2D eigenvalue weighted by Gasteiger charge is -2.11. The monoisotopic (exact) mass is 298 g/mol. The highest BCUT2D eigenvalue weighted by atomic mass is 19.3. The first-order chi connectivity index (χ1) is 10.0. The molecule has 2 aromatic carbocycles. The van der Waals surface area contributed by atoms with Crippen LogP contribution >= 0.6 is 0 Å². The Kier molecular flexibility index (Phi) is 4.57. The molecule has 0 amide bonds. The zero-order valence-corrected chi connectivity index (χ0v) is 10.7. The van der Waals surface area contributed by atoms with Crippen LogP contribution in [-0.4, -0.2) is 12.2 Å². The molecule has 110 valence electrons. The smallest absolute Gasteiger partial charge is 0.300 e. The third kappa shape index (κ3) is 3.39. The Morgan fingerprint density at radius 1 is 1.05 bits per heavy atom. The van der Waals surface area contributed by atoms with Crippen molar-refractivity contribution in [3.8, 4) is 5.75 Å². The number of carbonyl (C=O) groups excluding carboxylic acids is 1. The highest BCUT2D eigenvalue weighted by molar-refractivity contribution is 5.99. The number of alkyl halides is 2. The highest BCUT2D eigenvalue weighted by Crippen LogP contribution is 2.27. The average molecular weight is 298 g/mol. The van der Waals surface area contributed by atoms with Crippen LogP contribution in [0.3, 0.4) is 0 Å². The number of Topliss-reactive ketones (excluding diaryl/α,β-unsaturated/α-hetero) is 1. The minimum Gasteiger partial charge on any atom is -0.483 e. The van der Waals surface area contributed by atoms with Crippen LogP contribution in [0.1, 0.15) is 15.9 Å². The van der Waals surface area contributed by atoms with E-state index in [0.717, 1.165) is 6.07 Å². The lowest BCUT2D eigenvalue weighted by molar-refractivity contribution is 0.0673. The molecular weight excluding hydrogens is 288 g/mol. The van der Waals surface area contributed by atoms with Crippen LogP contribution in [0, 0.1) is 11.6 Å². The van der Waals surface area contributed by atoms with Gasteiger partial charge in [0, 0.05) is 0 Å². The Morgan fingerprint density at radius 2 is 1.71 bits per heavy atom. The average Bonchev–Trinajstić information content (AvgIpc) is 2.47. The van der Waals surface area contributed by atoms with E-state index in [1.54, 1.807) is 30.3 Å². The number of ether oxygens (including phenoxy) is 1. The molecule has 2 rings (SSSR count). The van der Waals surface area contributed by atoms with Crippen LogP contribution in [0.2, 0.25) is 0 Å². The zero-order chi connectivity index (χ0) is 15.4. The zero-order valence-electron chi connectivity index (χ0n) is 10.7. The van der Waals surface area contributed by atoms with Gasteiger partial charge in [0.15, 0.2) is 17.4 Å². The summed E-state index contributed by atoms with van der Waals surface area (Å²) in [6.45, 7) is -0.152. The van der Waals surface area contributed by atoms with E-state index in [9.17, 15) is 22.4 Å². The second-order valence-electron chi connectivity index (χ2n) is 4.18. The molecule has 0 spiro atoms. The quantitative estimate of drug-likeness (QED) is 0.616. The summed E-state index contributed by atoms with van der Waals surface area (Å²) < 4.78 is 57.1. The first kappa shape index (κ1) is 15.0. The summed E-state index contributed by atoms with van der Waals surface area (Å²) in [5, 5.41) is 0. The minimum absolute atomic E-state index is 0.152. The Morgan fingerprint density at radius 3 is 2.33 bits per heavy atom. The summed E-state index contributed by atoms with van der Waals surface area (Å²) in [5.74, 6) is -5.03. The highest BCUT2D eigenvalue weighted by Gasteiger charge is 2.25. The van der Waals surface area contributed by atoms with E-state index in [1.807, 2.05) is 0 Å². The van der Waals surface area contributed by atoms with E-state index in [1.165, 1.54) is 0 Å². The van der Waals surface area contributed by atoms with Gasteiger partial charge in [-0.1, -0.05) is 30.3 Å². The standard InChI is InChI=1S/C15H10F4O2/c16-11-7-6-10(13(20)15(18)19)12(17)14(11)21-8-9-4-2-1-3-5-9/h1-7,15H,8H2. The number of carbonyl (C=O) groups is 1. The number of ketones is 1. The third-order valence-electron chi connectivity index (χ3n) is 2.74. The molecule has 0 bridgehead atoms. The van der Waals surface area contributed by atoms with Gasteiger partial charge in [-0.2, -0.15) is 0 Å². The fraction of sp³-hybridized carbons (Fsp3) is 0.133. The lowest BCUT2D eigenvalue weighted by Crippen LogP contribution is -2.13. The van der Waals surface area contributed by atoms with E-state index < -0.39 is 35.2 Å². The van der Waals surface area contributed by atoms with Crippen molar-refractivity contribution < 1.29 is 27.1 Å². The second-order valence-corrected chi connectivity index (χ2v) is 4.18. The molecule has 0 unspecified atom stereocenters. The van der Waals surface area contributed by atoms with Gasteiger partial charge in [0.05, 0.1) is 5.56 Å². The fourth-order valence-electron chi connectivity index (χ4n) is 1.70. The molecule has 0 aromatic heterocycles. The van der Waals surface area contributed by atoms with E-state index in [-0.39, 0.29) is 6.61 Å². The van der Waals surface area contributed by atoms with Gasteiger partial charge in [-0.15, -0.1) is 0 Å². The molecule has 0 aliphatic carbocycles. The van der Waals surface area contributed by atoms with Crippen molar-refractivity contribution in [2.24, 2.45) is 0 Å². The summed E-state index contributed by atoms with van der Waals surface area (Å²) in [6, 6.07) is 9.92. The van der Waals surface area contributed by atoms with Crippen molar-refractivity contribution in [3.63, 3.8) is 0 Å². The van der Waals surface area contributed by atoms with Gasteiger partial charge in [-0.3, -0.25) is 4.79 Å². The normalized spacial score (nSPS) is 10.7. The van der Waals surface area contributed by atoms with Crippen molar-refractivity contribution in [1.29, 1.82) is 0 Å². The Bertz CT molecular complexity index is 642. The van der Waals surface area contributed by atoms with Crippen molar-refractivity contribution in [1.82, 2.24) is 0 Å². The van der Waals surface area contributed by atoms with Crippen LogP contribution in [0.15, 0.2) is 42.5 Å². The van der Waals surface area contributed by atoms with Gasteiger partial charge in [0.1, 0.15) is 6.61 Å². The van der Waals surface area contributed by atoms with E-state index >= 15 is 0 Å². The van der Waals surface area contributed by atoms with Gasteiger partial charge in [0.2, 0.25) is 5.78 Å². The van der Waals surface area contributed by atoms with Crippen LogP contribution in [-0.2, 0) is 6.61 Å². The molecule has 0 N–H and O–H groups in total. The number of hydrogen-bond acceptors (Lipinski definition) is 2. The summed E-state index contributed by atoms with van der Waals surface area (Å²) in [6.07, 6.45) is -3.37. The van der Waals surface area contributed by atoms with E-state index in [0.29, 0.717) is 11.6 Å². The van der Waals surface area contributed by atoms with Crippen molar-refractivity contribution in [2.45, 2.75) is 13.0 Å². The van der Waals surface area contributed by atoms with E-state index in [4.69, 9.17) is 4.74 Å². The van der Waals surface area contributed by atoms with Crippen molar-refractivity contribution >= 4 is 5.78 Å². The molecule has 0 saturated heterocycles. The van der Waals surface area contributed by atoms with Gasteiger partial charge >= 0.3 is 6.43 Å². The largest absolute Gasteiger partial charge is 0.483 e. The van der Waals surface area contributed by atoms with Crippen molar-refractivity contribution in [2.75, 3.05) is 0 Å². The predicted octanol–water partition coefficient (Wildman–Crippen LogP) is 3.99. The van der Waals surface area contributed by atoms with Gasteiger partial charge in [-0.25, -0.2) is 17.6 Å². The molecule has 0 fully saturated rings. The third-order valence-corrected chi connectivity index (χ3v) is 2.74. The van der Waals surface area contributed by atoms with Gasteiger partial charge < -0.3 is 4.74 Å². The van der Waals surface area contributed by atoms with Crippen LogP contribution < -0.4 is 4.74 Å². The van der Waals surface area contributed by atoms with Gasteiger partial charge in [0.25, 0.3) is 0 Å². The summed E-state index contributed by atoms with van der Waals surface area (Å²) >= 11 is 0. The summed E-state index contributed by atoms with van der Waals surface area (Å²) in [5.41, 5.74) is -0.253. The summed E-state index contributed by atoms with van der Waals surface area (Å²) in [4.78, 5) is 11.1. The minimum atomic E-state index is -3.37. The molecule has 0 heterocycles. The predicted molar refractivity (Wildman–Crippen MR) is 67.5 cm³/mol. The SMILES string of the molecule is O=C(c1ccc(F)c(OCc2ccccc2)c1F)C(F)F. The molecule has 21 heavy (non-hydrogen) atoms. The maximum absolute atomic E-state index is 13.9. The molecular formula is C15H10F4O2. The van der Waals surface area contributed by atoms with Crippen molar-refractivity contribution in [3.05, 3.63) is 65.2 Å². The number of rotatable bonds is 5. The Hall–Kier alpha value is -2.37. The number of halogens is 4. The molecule has 6 heteroatoms. The molecule has 0 saturated carbocycles. The maximum Gasteiger partial charge on any atom is 0.300 e. The Balaban J connectivity index is 2.26. The maximum atomic E-state index is 13.9. The Labute approximate surface area is 118 Å².